The van der Waals surface area contributed by atoms with Crippen molar-refractivity contribution in [1.82, 2.24) is 45.6 Å². The standard InChI is InChI=1S/C43H48N10O7/c1-25-17-28(5-6-29(25)22-44-41(58)38-49-42(60-50-38)43(2,3)4)37-33-21-31(23-53(33)46-24-45-37)51-13-15-52(16-14-51)36(55)20-26-18-30(19-26)47-39(56)27-7-9-32(10-8-27)59-34-11-12-35(54)48-40(34)57/h5-10,17,21,23-24,26,30,34H,11-16,18-20,22H2,1-4H3,(H,44,58)(H,47,56)(H,48,54,57). The van der Waals surface area contributed by atoms with Gasteiger partial charge in [-0.15, -0.1) is 0 Å². The van der Waals surface area contributed by atoms with E-state index in [1.54, 1.807) is 30.6 Å². The molecule has 17 heteroatoms. The van der Waals surface area contributed by atoms with Crippen LogP contribution in [0.25, 0.3) is 16.8 Å². The van der Waals surface area contributed by atoms with Crippen molar-refractivity contribution in [3.63, 3.8) is 0 Å². The number of carbonyl (C=O) groups is 5. The number of hydrogen-bond donors (Lipinski definition) is 3. The SMILES string of the molecule is Cc1cc(-c2ncnn3cc(N4CCN(C(=O)CC5CC(NC(=O)c6ccc(OC7CCC(=O)NC7=O)cc6)C5)CC4)cc23)ccc1CNC(=O)c1noc(C(C)(C)C)n1. The van der Waals surface area contributed by atoms with E-state index < -0.39 is 17.9 Å². The summed E-state index contributed by atoms with van der Waals surface area (Å²) in [6.07, 6.45) is 5.27. The van der Waals surface area contributed by atoms with Crippen molar-refractivity contribution in [3.8, 4) is 17.0 Å². The van der Waals surface area contributed by atoms with Gasteiger partial charge in [0.15, 0.2) is 6.10 Å². The van der Waals surface area contributed by atoms with E-state index in [1.165, 1.54) is 0 Å². The number of nitrogens with zero attached hydrogens (tertiary/aromatic N) is 7. The lowest BCUT2D eigenvalue weighted by Gasteiger charge is -2.39. The van der Waals surface area contributed by atoms with Crippen LogP contribution < -0.4 is 25.6 Å². The number of piperazine rings is 1. The van der Waals surface area contributed by atoms with E-state index in [2.05, 4.69) is 47.1 Å². The molecule has 0 bridgehead atoms. The fourth-order valence-electron chi connectivity index (χ4n) is 7.74. The Morgan fingerprint density at radius 3 is 2.45 bits per heavy atom. The summed E-state index contributed by atoms with van der Waals surface area (Å²) in [5.41, 5.74) is 5.64. The zero-order valence-corrected chi connectivity index (χ0v) is 34.1. The number of carbonyl (C=O) groups excluding carboxylic acids is 5. The predicted octanol–water partition coefficient (Wildman–Crippen LogP) is 3.75. The lowest BCUT2D eigenvalue weighted by Crippen LogP contribution is -2.50. The molecular weight excluding hydrogens is 769 g/mol. The lowest BCUT2D eigenvalue weighted by atomic mass is 9.77. The Labute approximate surface area is 346 Å². The number of rotatable bonds is 11. The van der Waals surface area contributed by atoms with Crippen LogP contribution in [-0.4, -0.2) is 97.5 Å². The second-order valence-electron chi connectivity index (χ2n) is 16.8. The minimum atomic E-state index is -0.740. The van der Waals surface area contributed by atoms with E-state index in [1.807, 2.05) is 61.5 Å². The molecule has 2 aromatic carbocycles. The van der Waals surface area contributed by atoms with Crippen LogP contribution in [0, 0.1) is 12.8 Å². The highest BCUT2D eigenvalue weighted by Crippen LogP contribution is 2.33. The Morgan fingerprint density at radius 1 is 0.983 bits per heavy atom. The number of nitrogens with one attached hydrogen (secondary N) is 3. The number of ether oxygens (including phenoxy) is 1. The zero-order valence-electron chi connectivity index (χ0n) is 34.1. The van der Waals surface area contributed by atoms with E-state index >= 15 is 0 Å². The number of aromatic nitrogens is 5. The molecule has 3 aliphatic rings. The van der Waals surface area contributed by atoms with Gasteiger partial charge in [-0.2, -0.15) is 10.1 Å². The van der Waals surface area contributed by atoms with Crippen LogP contribution in [0.15, 0.2) is 65.6 Å². The monoisotopic (exact) mass is 816 g/mol. The van der Waals surface area contributed by atoms with Crippen molar-refractivity contribution in [1.29, 1.82) is 0 Å². The maximum absolute atomic E-state index is 13.3. The van der Waals surface area contributed by atoms with Crippen LogP contribution in [0.5, 0.6) is 5.75 Å². The molecule has 5 amide bonds. The Morgan fingerprint density at radius 2 is 1.75 bits per heavy atom. The van der Waals surface area contributed by atoms with Crippen molar-refractivity contribution in [2.45, 2.75) is 83.9 Å². The van der Waals surface area contributed by atoms with E-state index in [0.29, 0.717) is 62.8 Å². The third-order valence-corrected chi connectivity index (χ3v) is 11.3. The number of hydrogen-bond acceptors (Lipinski definition) is 12. The first-order valence-electron chi connectivity index (χ1n) is 20.3. The number of benzene rings is 2. The van der Waals surface area contributed by atoms with Gasteiger partial charge in [0.25, 0.3) is 23.5 Å². The van der Waals surface area contributed by atoms with Gasteiger partial charge in [0.2, 0.25) is 17.7 Å². The summed E-state index contributed by atoms with van der Waals surface area (Å²) in [6, 6.07) is 14.7. The van der Waals surface area contributed by atoms with E-state index in [9.17, 15) is 24.0 Å². The molecule has 1 atom stereocenters. The Hall–Kier alpha value is -6.65. The molecule has 2 saturated heterocycles. The van der Waals surface area contributed by atoms with Crippen molar-refractivity contribution in [2.75, 3.05) is 31.1 Å². The number of fused-ring (bicyclic) bond motifs is 1. The van der Waals surface area contributed by atoms with Crippen molar-refractivity contribution >= 4 is 40.7 Å². The highest BCUT2D eigenvalue weighted by atomic mass is 16.5. The Kier molecular flexibility index (Phi) is 11.1. The molecule has 17 nitrogen and oxygen atoms in total. The predicted molar refractivity (Wildman–Crippen MR) is 218 cm³/mol. The highest BCUT2D eigenvalue weighted by Gasteiger charge is 2.34. The molecule has 0 spiro atoms. The molecule has 5 aromatic rings. The average molecular weight is 817 g/mol. The number of anilines is 1. The molecule has 3 N–H and O–H groups in total. The van der Waals surface area contributed by atoms with Gasteiger partial charge in [-0.1, -0.05) is 38.1 Å². The molecule has 2 aliphatic heterocycles. The summed E-state index contributed by atoms with van der Waals surface area (Å²) in [5.74, 6) is -0.162. The van der Waals surface area contributed by atoms with Crippen LogP contribution in [-0.2, 0) is 26.3 Å². The van der Waals surface area contributed by atoms with Crippen LogP contribution in [0.1, 0.15) is 90.9 Å². The number of imide groups is 1. The molecule has 312 valence electrons. The van der Waals surface area contributed by atoms with Gasteiger partial charge in [0.05, 0.1) is 23.1 Å². The van der Waals surface area contributed by atoms with Crippen LogP contribution in [0.4, 0.5) is 5.69 Å². The quantitative estimate of drug-likeness (QED) is 0.163. The van der Waals surface area contributed by atoms with Crippen molar-refractivity contribution < 1.29 is 33.2 Å². The van der Waals surface area contributed by atoms with Crippen LogP contribution in [0.3, 0.4) is 0 Å². The molecule has 1 aliphatic carbocycles. The normalized spacial score (nSPS) is 19.4. The third kappa shape index (κ3) is 8.84. The maximum atomic E-state index is 13.3. The molecule has 60 heavy (non-hydrogen) atoms. The number of amides is 5. The molecule has 1 unspecified atom stereocenters. The summed E-state index contributed by atoms with van der Waals surface area (Å²) in [5, 5.41) is 16.5. The Balaban J connectivity index is 0.790. The molecule has 0 radical (unpaired) electrons. The Bertz CT molecular complexity index is 2440. The second kappa shape index (κ2) is 16.5. The highest BCUT2D eigenvalue weighted by molar-refractivity contribution is 6.00. The smallest absolute Gasteiger partial charge is 0.292 e. The fourth-order valence-corrected chi connectivity index (χ4v) is 7.74. The molecule has 8 rings (SSSR count). The minimum absolute atomic E-state index is 0.00377. The first kappa shape index (κ1) is 40.1. The van der Waals surface area contributed by atoms with Gasteiger partial charge in [0, 0.05) is 74.6 Å². The molecule has 5 heterocycles. The summed E-state index contributed by atoms with van der Waals surface area (Å²) in [4.78, 5) is 75.3. The van der Waals surface area contributed by atoms with Gasteiger partial charge in [-0.3, -0.25) is 29.3 Å². The van der Waals surface area contributed by atoms with Gasteiger partial charge in [0.1, 0.15) is 12.1 Å². The molecule has 3 fully saturated rings. The van der Waals surface area contributed by atoms with E-state index in [-0.39, 0.29) is 47.3 Å². The number of aryl methyl sites for hydroxylation is 1. The van der Waals surface area contributed by atoms with Gasteiger partial charge in [-0.05, 0) is 73.2 Å². The van der Waals surface area contributed by atoms with Crippen molar-refractivity contribution in [2.24, 2.45) is 5.92 Å². The summed E-state index contributed by atoms with van der Waals surface area (Å²) in [6.45, 7) is 10.7. The number of piperidine rings is 1. The topological polar surface area (TPSA) is 206 Å². The third-order valence-electron chi connectivity index (χ3n) is 11.3. The first-order chi connectivity index (χ1) is 28.8. The lowest BCUT2D eigenvalue weighted by molar-refractivity contribution is -0.139. The minimum Gasteiger partial charge on any atom is -0.481 e. The van der Waals surface area contributed by atoms with Crippen LogP contribution >= 0.6 is 0 Å². The van der Waals surface area contributed by atoms with E-state index in [0.717, 1.165) is 46.4 Å². The largest absolute Gasteiger partial charge is 0.481 e. The molecule has 3 aromatic heterocycles. The van der Waals surface area contributed by atoms with Crippen LogP contribution in [0.2, 0.25) is 0 Å². The molecule has 1 saturated carbocycles. The molecular formula is C43H48N10O7. The fraction of sp³-hybridized carbons (Fsp3) is 0.419. The summed E-state index contributed by atoms with van der Waals surface area (Å²) < 4.78 is 12.8. The first-order valence-corrected chi connectivity index (χ1v) is 20.3. The summed E-state index contributed by atoms with van der Waals surface area (Å²) in [7, 11) is 0. The van der Waals surface area contributed by atoms with Crippen molar-refractivity contribution in [3.05, 3.63) is 89.5 Å². The van der Waals surface area contributed by atoms with Gasteiger partial charge >= 0.3 is 0 Å². The average Bonchev–Trinajstić information content (AvgIpc) is 3.90. The summed E-state index contributed by atoms with van der Waals surface area (Å²) >= 11 is 0. The van der Waals surface area contributed by atoms with Gasteiger partial charge in [-0.25, -0.2) is 9.50 Å². The maximum Gasteiger partial charge on any atom is 0.292 e. The van der Waals surface area contributed by atoms with E-state index in [4.69, 9.17) is 9.26 Å². The second-order valence-corrected chi connectivity index (χ2v) is 16.8. The zero-order chi connectivity index (χ0) is 42.1. The van der Waals surface area contributed by atoms with Gasteiger partial charge < -0.3 is 29.7 Å².